The molecule has 0 aliphatic heterocycles. The van der Waals surface area contributed by atoms with Gasteiger partial charge >= 0.3 is 5.97 Å². The summed E-state index contributed by atoms with van der Waals surface area (Å²) >= 11 is 5.75. The first-order valence-corrected chi connectivity index (χ1v) is 5.11. The maximum absolute atomic E-state index is 10.8. The summed E-state index contributed by atoms with van der Waals surface area (Å²) in [5.74, 6) is -1.16. The number of aliphatic hydroxyl groups excluding tert-OH is 1. The van der Waals surface area contributed by atoms with Gasteiger partial charge in [0.15, 0.2) is 6.10 Å². The molecule has 80 valence electrons. The van der Waals surface area contributed by atoms with Gasteiger partial charge < -0.3 is 10.2 Å². The minimum atomic E-state index is -1.32. The fourth-order valence-electron chi connectivity index (χ4n) is 1.87. The topological polar surface area (TPSA) is 57.5 Å². The van der Waals surface area contributed by atoms with Crippen molar-refractivity contribution in [1.29, 1.82) is 0 Å². The lowest BCUT2D eigenvalue weighted by Gasteiger charge is -2.19. The van der Waals surface area contributed by atoms with Crippen LogP contribution in [0.4, 0.5) is 0 Å². The van der Waals surface area contributed by atoms with Gasteiger partial charge in [0, 0.05) is 10.4 Å². The third-order valence-electron chi connectivity index (χ3n) is 2.97. The SMILES string of the molecule is O=C(O)C(O)C1(c2ccc(Cl)cc2)CC1. The highest BCUT2D eigenvalue weighted by molar-refractivity contribution is 6.30. The van der Waals surface area contributed by atoms with Crippen LogP contribution in [0, 0.1) is 0 Å². The summed E-state index contributed by atoms with van der Waals surface area (Å²) in [5.41, 5.74) is 0.262. The van der Waals surface area contributed by atoms with Crippen molar-refractivity contribution in [3.8, 4) is 0 Å². The molecule has 1 aromatic rings. The number of halogens is 1. The van der Waals surface area contributed by atoms with Crippen LogP contribution in [0.25, 0.3) is 0 Å². The Labute approximate surface area is 92.3 Å². The molecule has 2 N–H and O–H groups in total. The molecule has 0 amide bonds. The Morgan fingerprint density at radius 3 is 2.27 bits per heavy atom. The van der Waals surface area contributed by atoms with Crippen LogP contribution in [0.2, 0.25) is 5.02 Å². The first kappa shape index (κ1) is 10.5. The van der Waals surface area contributed by atoms with Crippen molar-refractivity contribution in [3.63, 3.8) is 0 Å². The van der Waals surface area contributed by atoms with E-state index in [0.29, 0.717) is 17.9 Å². The van der Waals surface area contributed by atoms with E-state index >= 15 is 0 Å². The lowest BCUT2D eigenvalue weighted by Crippen LogP contribution is -2.33. The highest BCUT2D eigenvalue weighted by Crippen LogP contribution is 2.51. The van der Waals surface area contributed by atoms with E-state index < -0.39 is 17.5 Å². The normalized spacial score (nSPS) is 19.6. The molecule has 1 aliphatic rings. The molecule has 1 aromatic carbocycles. The molecule has 0 spiro atoms. The Bertz CT molecular complexity index is 381. The molecule has 15 heavy (non-hydrogen) atoms. The highest BCUT2D eigenvalue weighted by atomic mass is 35.5. The van der Waals surface area contributed by atoms with Crippen LogP contribution in [0.15, 0.2) is 24.3 Å². The number of carboxylic acids is 1. The molecule has 1 atom stereocenters. The predicted molar refractivity (Wildman–Crippen MR) is 56.0 cm³/mol. The average Bonchev–Trinajstić information content (AvgIpc) is 2.99. The van der Waals surface area contributed by atoms with E-state index in [-0.39, 0.29) is 0 Å². The standard InChI is InChI=1S/C11H11ClO3/c12-8-3-1-7(2-4-8)11(5-6-11)9(13)10(14)15/h1-4,9,13H,5-6H2,(H,14,15). The van der Waals surface area contributed by atoms with E-state index in [1.165, 1.54) is 0 Å². The number of hydrogen-bond acceptors (Lipinski definition) is 2. The van der Waals surface area contributed by atoms with Crippen molar-refractivity contribution in [2.75, 3.05) is 0 Å². The molecule has 2 rings (SSSR count). The molecule has 4 heteroatoms. The van der Waals surface area contributed by atoms with Gasteiger partial charge in [0.1, 0.15) is 0 Å². The van der Waals surface area contributed by atoms with E-state index in [1.54, 1.807) is 24.3 Å². The summed E-state index contributed by atoms with van der Waals surface area (Å²) in [6.45, 7) is 0. The summed E-state index contributed by atoms with van der Waals surface area (Å²) in [7, 11) is 0. The van der Waals surface area contributed by atoms with Crippen LogP contribution in [-0.2, 0) is 10.2 Å². The minimum Gasteiger partial charge on any atom is -0.479 e. The number of benzene rings is 1. The number of carboxylic acid groups (broad SMARTS) is 1. The second-order valence-electron chi connectivity index (χ2n) is 3.90. The van der Waals surface area contributed by atoms with Crippen LogP contribution in [0.5, 0.6) is 0 Å². The Hall–Kier alpha value is -1.06. The van der Waals surface area contributed by atoms with Crippen molar-refractivity contribution in [3.05, 3.63) is 34.9 Å². The molecule has 0 bridgehead atoms. The lowest BCUT2D eigenvalue weighted by molar-refractivity contribution is -0.148. The van der Waals surface area contributed by atoms with Gasteiger partial charge in [-0.05, 0) is 30.5 Å². The molecular formula is C11H11ClO3. The first-order chi connectivity index (χ1) is 7.06. The molecule has 0 heterocycles. The fraction of sp³-hybridized carbons (Fsp3) is 0.364. The van der Waals surface area contributed by atoms with E-state index in [9.17, 15) is 9.90 Å². The van der Waals surface area contributed by atoms with Crippen LogP contribution in [0.3, 0.4) is 0 Å². The first-order valence-electron chi connectivity index (χ1n) is 4.73. The molecule has 0 aromatic heterocycles. The summed E-state index contributed by atoms with van der Waals surface area (Å²) in [5, 5.41) is 19.0. The summed E-state index contributed by atoms with van der Waals surface area (Å²) in [4.78, 5) is 10.8. The molecule has 3 nitrogen and oxygen atoms in total. The van der Waals surface area contributed by atoms with Crippen molar-refractivity contribution < 1.29 is 15.0 Å². The molecule has 1 saturated carbocycles. The van der Waals surface area contributed by atoms with E-state index in [4.69, 9.17) is 16.7 Å². The fourth-order valence-corrected chi connectivity index (χ4v) is 2.00. The van der Waals surface area contributed by atoms with Gasteiger partial charge in [-0.3, -0.25) is 0 Å². The number of aliphatic carboxylic acids is 1. The van der Waals surface area contributed by atoms with Crippen LogP contribution < -0.4 is 0 Å². The summed E-state index contributed by atoms with van der Waals surface area (Å²) in [6, 6.07) is 6.99. The monoisotopic (exact) mass is 226 g/mol. The lowest BCUT2D eigenvalue weighted by atomic mass is 9.90. The van der Waals surface area contributed by atoms with Crippen molar-refractivity contribution in [1.82, 2.24) is 0 Å². The molecule has 1 aliphatic carbocycles. The Morgan fingerprint density at radius 1 is 1.33 bits per heavy atom. The maximum Gasteiger partial charge on any atom is 0.333 e. The largest absolute Gasteiger partial charge is 0.479 e. The Morgan fingerprint density at radius 2 is 1.87 bits per heavy atom. The summed E-state index contributed by atoms with van der Waals surface area (Å²) in [6.07, 6.45) is 0.100. The zero-order chi connectivity index (χ0) is 11.1. The average molecular weight is 227 g/mol. The van der Waals surface area contributed by atoms with Crippen molar-refractivity contribution in [2.45, 2.75) is 24.4 Å². The number of rotatable bonds is 3. The predicted octanol–water partition coefficient (Wildman–Crippen LogP) is 1.82. The maximum atomic E-state index is 10.8. The van der Waals surface area contributed by atoms with Crippen molar-refractivity contribution >= 4 is 17.6 Å². The third kappa shape index (κ3) is 1.73. The zero-order valence-corrected chi connectivity index (χ0v) is 8.74. The minimum absolute atomic E-state index is 0.587. The van der Waals surface area contributed by atoms with Crippen LogP contribution in [-0.4, -0.2) is 22.3 Å². The van der Waals surface area contributed by atoms with Gasteiger partial charge in [-0.1, -0.05) is 23.7 Å². The van der Waals surface area contributed by atoms with E-state index in [0.717, 1.165) is 5.56 Å². The van der Waals surface area contributed by atoms with E-state index in [2.05, 4.69) is 0 Å². The number of hydrogen-bond donors (Lipinski definition) is 2. The van der Waals surface area contributed by atoms with Gasteiger partial charge in [-0.25, -0.2) is 4.79 Å². The Balaban J connectivity index is 2.30. The van der Waals surface area contributed by atoms with Crippen LogP contribution >= 0.6 is 11.6 Å². The van der Waals surface area contributed by atoms with Crippen molar-refractivity contribution in [2.24, 2.45) is 0 Å². The zero-order valence-electron chi connectivity index (χ0n) is 7.98. The third-order valence-corrected chi connectivity index (χ3v) is 3.22. The highest BCUT2D eigenvalue weighted by Gasteiger charge is 2.53. The smallest absolute Gasteiger partial charge is 0.333 e. The van der Waals surface area contributed by atoms with Gasteiger partial charge in [0.2, 0.25) is 0 Å². The van der Waals surface area contributed by atoms with Gasteiger partial charge in [0.05, 0.1) is 0 Å². The second-order valence-corrected chi connectivity index (χ2v) is 4.34. The molecule has 0 radical (unpaired) electrons. The molecular weight excluding hydrogens is 216 g/mol. The number of carbonyl (C=O) groups is 1. The Kier molecular flexibility index (Phi) is 2.44. The van der Waals surface area contributed by atoms with Gasteiger partial charge in [-0.15, -0.1) is 0 Å². The van der Waals surface area contributed by atoms with Gasteiger partial charge in [0.25, 0.3) is 0 Å². The molecule has 0 saturated heterocycles. The number of aliphatic hydroxyl groups is 1. The van der Waals surface area contributed by atoms with Crippen LogP contribution in [0.1, 0.15) is 18.4 Å². The van der Waals surface area contributed by atoms with E-state index in [1.807, 2.05) is 0 Å². The molecule has 1 fully saturated rings. The summed E-state index contributed by atoms with van der Waals surface area (Å²) < 4.78 is 0. The quantitative estimate of drug-likeness (QED) is 0.827. The molecule has 1 unspecified atom stereocenters. The second kappa shape index (κ2) is 3.51. The van der Waals surface area contributed by atoms with Gasteiger partial charge in [-0.2, -0.15) is 0 Å².